The van der Waals surface area contributed by atoms with Gasteiger partial charge in [-0.15, -0.1) is 0 Å². The molecule has 5 fully saturated rings. The molecule has 5 aliphatic rings. The lowest BCUT2D eigenvalue weighted by Crippen LogP contribution is -2.67. The lowest BCUT2D eigenvalue weighted by molar-refractivity contribution is -0.248. The molecule has 0 heterocycles. The lowest BCUT2D eigenvalue weighted by Gasteiger charge is -2.72. The van der Waals surface area contributed by atoms with Gasteiger partial charge in [-0.2, -0.15) is 0 Å². The molecule has 0 spiro atoms. The first-order valence-electron chi connectivity index (χ1n) is 13.9. The van der Waals surface area contributed by atoms with Gasteiger partial charge in [0.15, 0.2) is 0 Å². The summed E-state index contributed by atoms with van der Waals surface area (Å²) in [7, 11) is 0. The van der Waals surface area contributed by atoms with Crippen molar-refractivity contribution in [3.8, 4) is 0 Å². The second kappa shape index (κ2) is 7.83. The zero-order valence-corrected chi connectivity index (χ0v) is 23.7. The molecule has 5 aliphatic carbocycles. The molecule has 0 aromatic carbocycles. The lowest BCUT2D eigenvalue weighted by atomic mass is 9.32. The third-order valence-electron chi connectivity index (χ3n) is 13.5. The number of aliphatic hydroxyl groups is 1. The second-order valence-electron chi connectivity index (χ2n) is 14.5. The number of carbonyl (C=O) groups is 1. The van der Waals surface area contributed by atoms with Crippen molar-refractivity contribution >= 4 is 21.9 Å². The van der Waals surface area contributed by atoms with E-state index in [1.807, 2.05) is 0 Å². The number of alkyl halides is 1. The van der Waals surface area contributed by atoms with Crippen LogP contribution in [-0.4, -0.2) is 27.6 Å². The molecule has 5 rings (SSSR count). The predicted octanol–water partition coefficient (Wildman–Crippen LogP) is 7.46. The van der Waals surface area contributed by atoms with E-state index in [1.165, 1.54) is 24.8 Å². The average molecular weight is 536 g/mol. The normalized spacial score (nSPS) is 53.7. The van der Waals surface area contributed by atoms with E-state index >= 15 is 0 Å². The largest absolute Gasteiger partial charge is 0.481 e. The molecule has 0 aliphatic heterocycles. The first kappa shape index (κ1) is 25.3. The van der Waals surface area contributed by atoms with Crippen molar-refractivity contribution in [1.82, 2.24) is 0 Å². The second-order valence-corrected chi connectivity index (χ2v) is 15.0. The Morgan fingerprint density at radius 1 is 0.882 bits per heavy atom. The molecule has 2 N–H and O–H groups in total. The summed E-state index contributed by atoms with van der Waals surface area (Å²) >= 11 is 3.66. The molecule has 10 atom stereocenters. The number of aliphatic hydroxyl groups excluding tert-OH is 1. The zero-order chi connectivity index (χ0) is 24.9. The quantitative estimate of drug-likeness (QED) is 0.291. The fraction of sp³-hybridized carbons (Fsp3) is 0.900. The summed E-state index contributed by atoms with van der Waals surface area (Å²) in [4.78, 5) is 12.8. The van der Waals surface area contributed by atoms with Crippen LogP contribution in [0.4, 0.5) is 0 Å². The van der Waals surface area contributed by atoms with Gasteiger partial charge in [0.25, 0.3) is 0 Å². The Kier molecular flexibility index (Phi) is 5.82. The SMILES string of the molecule is C=C(CBr)C1CCC2(C(=O)O)CC[C@]3(C)C(CCC4C5(C)CCC(O)C(C)(C)C5CCC43C)C12. The van der Waals surface area contributed by atoms with E-state index < -0.39 is 11.4 Å². The number of hydrogen-bond acceptors (Lipinski definition) is 2. The smallest absolute Gasteiger partial charge is 0.309 e. The number of rotatable bonds is 3. The molecule has 3 nitrogen and oxygen atoms in total. The Morgan fingerprint density at radius 2 is 1.59 bits per heavy atom. The highest BCUT2D eigenvalue weighted by atomic mass is 79.9. The molecule has 4 heteroatoms. The summed E-state index contributed by atoms with van der Waals surface area (Å²) in [5.74, 6) is 1.69. The van der Waals surface area contributed by atoms with Gasteiger partial charge >= 0.3 is 5.97 Å². The van der Waals surface area contributed by atoms with Gasteiger partial charge in [-0.1, -0.05) is 62.7 Å². The van der Waals surface area contributed by atoms with Crippen molar-refractivity contribution in [3.05, 3.63) is 12.2 Å². The maximum atomic E-state index is 12.8. The highest BCUT2D eigenvalue weighted by Crippen LogP contribution is 2.77. The van der Waals surface area contributed by atoms with Crippen molar-refractivity contribution in [2.45, 2.75) is 105 Å². The molecule has 34 heavy (non-hydrogen) atoms. The molecule has 0 aromatic heterocycles. The van der Waals surface area contributed by atoms with Gasteiger partial charge in [0.05, 0.1) is 11.5 Å². The van der Waals surface area contributed by atoms with E-state index in [-0.39, 0.29) is 33.7 Å². The average Bonchev–Trinajstić information content (AvgIpc) is 3.18. The van der Waals surface area contributed by atoms with Gasteiger partial charge in [-0.05, 0) is 115 Å². The summed E-state index contributed by atoms with van der Waals surface area (Å²) < 4.78 is 0. The molecule has 9 unspecified atom stereocenters. The van der Waals surface area contributed by atoms with Crippen molar-refractivity contribution in [3.63, 3.8) is 0 Å². The minimum atomic E-state index is -0.554. The first-order valence-corrected chi connectivity index (χ1v) is 15.1. The monoisotopic (exact) mass is 534 g/mol. The van der Waals surface area contributed by atoms with Gasteiger partial charge in [-0.3, -0.25) is 4.79 Å². The number of fused-ring (bicyclic) bond motifs is 7. The first-order chi connectivity index (χ1) is 15.8. The third kappa shape index (κ3) is 2.93. The zero-order valence-electron chi connectivity index (χ0n) is 22.1. The third-order valence-corrected chi connectivity index (χ3v) is 14.3. The molecule has 0 bridgehead atoms. The van der Waals surface area contributed by atoms with Crippen LogP contribution in [0.2, 0.25) is 0 Å². The Labute approximate surface area is 215 Å². The molecule has 0 radical (unpaired) electrons. The molecule has 0 saturated heterocycles. The Morgan fingerprint density at radius 3 is 2.24 bits per heavy atom. The van der Waals surface area contributed by atoms with E-state index in [0.717, 1.165) is 50.3 Å². The van der Waals surface area contributed by atoms with Crippen LogP contribution in [-0.2, 0) is 4.79 Å². The highest BCUT2D eigenvalue weighted by Gasteiger charge is 2.72. The van der Waals surface area contributed by atoms with Gasteiger partial charge in [-0.25, -0.2) is 0 Å². The van der Waals surface area contributed by atoms with Gasteiger partial charge in [0, 0.05) is 5.33 Å². The standard InChI is InChI=1S/C30H47BrO3/c1-18(17-31)19-9-14-30(25(33)34)16-15-28(5)20(24(19)30)7-8-22-27(4)12-11-23(32)26(2,3)21(27)10-13-29(22,28)6/h19-24,32H,1,7-17H2,2-6H3,(H,33,34)/t19?,20?,21?,22?,23?,24?,27?,28-,29?,30?/m1/s1. The molecular formula is C30H47BrO3. The molecule has 0 aromatic rings. The van der Waals surface area contributed by atoms with E-state index in [4.69, 9.17) is 0 Å². The van der Waals surface area contributed by atoms with E-state index in [0.29, 0.717) is 23.7 Å². The van der Waals surface area contributed by atoms with Crippen LogP contribution in [0.1, 0.15) is 98.8 Å². The van der Waals surface area contributed by atoms with Crippen LogP contribution in [0.25, 0.3) is 0 Å². The number of aliphatic carboxylic acids is 1. The fourth-order valence-corrected chi connectivity index (χ4v) is 11.9. The highest BCUT2D eigenvalue weighted by molar-refractivity contribution is 9.09. The van der Waals surface area contributed by atoms with Gasteiger partial charge < -0.3 is 10.2 Å². The number of hydrogen-bond donors (Lipinski definition) is 2. The van der Waals surface area contributed by atoms with E-state index in [1.54, 1.807) is 0 Å². The number of carboxylic acid groups (broad SMARTS) is 1. The van der Waals surface area contributed by atoms with Crippen LogP contribution in [0.3, 0.4) is 0 Å². The van der Waals surface area contributed by atoms with E-state index in [2.05, 4.69) is 57.1 Å². The molecule has 192 valence electrons. The van der Waals surface area contributed by atoms with E-state index in [9.17, 15) is 15.0 Å². The minimum absolute atomic E-state index is 0.0265. The number of allylic oxidation sites excluding steroid dienone is 1. The summed E-state index contributed by atoms with van der Waals surface area (Å²) in [6, 6.07) is 0. The topological polar surface area (TPSA) is 57.5 Å². The number of carboxylic acids is 1. The fourth-order valence-electron chi connectivity index (χ4n) is 11.5. The molecule has 5 saturated carbocycles. The summed E-state index contributed by atoms with van der Waals surface area (Å²) in [6.45, 7) is 16.8. The van der Waals surface area contributed by atoms with Crippen LogP contribution >= 0.6 is 15.9 Å². The minimum Gasteiger partial charge on any atom is -0.481 e. The summed E-state index contributed by atoms with van der Waals surface area (Å²) in [6.07, 6.45) is 10.3. The number of halogens is 1. The van der Waals surface area contributed by atoms with Crippen LogP contribution < -0.4 is 0 Å². The van der Waals surface area contributed by atoms with Gasteiger partial charge in [0.2, 0.25) is 0 Å². The summed E-state index contributed by atoms with van der Waals surface area (Å²) in [5, 5.41) is 22.2. The van der Waals surface area contributed by atoms with Crippen molar-refractivity contribution in [2.75, 3.05) is 5.33 Å². The van der Waals surface area contributed by atoms with Gasteiger partial charge in [0.1, 0.15) is 0 Å². The summed E-state index contributed by atoms with van der Waals surface area (Å²) in [5.41, 5.74) is 1.29. The van der Waals surface area contributed by atoms with Crippen molar-refractivity contribution in [1.29, 1.82) is 0 Å². The maximum absolute atomic E-state index is 12.8. The van der Waals surface area contributed by atoms with Crippen LogP contribution in [0.15, 0.2) is 12.2 Å². The van der Waals surface area contributed by atoms with Crippen molar-refractivity contribution in [2.24, 2.45) is 56.7 Å². The molecular weight excluding hydrogens is 488 g/mol. The molecule has 0 amide bonds. The Bertz CT molecular complexity index is 882. The van der Waals surface area contributed by atoms with Crippen LogP contribution in [0, 0.1) is 56.7 Å². The Balaban J connectivity index is 1.56. The van der Waals surface area contributed by atoms with Crippen molar-refractivity contribution < 1.29 is 15.0 Å². The Hall–Kier alpha value is -0.350. The maximum Gasteiger partial charge on any atom is 0.309 e. The van der Waals surface area contributed by atoms with Crippen LogP contribution in [0.5, 0.6) is 0 Å². The predicted molar refractivity (Wildman–Crippen MR) is 141 cm³/mol.